The molecule has 2 aromatic carbocycles. The van der Waals surface area contributed by atoms with Crippen molar-refractivity contribution in [1.82, 2.24) is 5.01 Å². The predicted octanol–water partition coefficient (Wildman–Crippen LogP) is 4.97. The predicted molar refractivity (Wildman–Crippen MR) is 95.4 cm³/mol. The van der Waals surface area contributed by atoms with Crippen LogP contribution in [-0.4, -0.2) is 10.7 Å². The molecule has 3 aromatic rings. The average Bonchev–Trinajstić information content (AvgIpc) is 3.28. The van der Waals surface area contributed by atoms with E-state index in [0.29, 0.717) is 0 Å². The Morgan fingerprint density at radius 3 is 2.62 bits per heavy atom. The maximum Gasteiger partial charge on any atom is 0.213 e. The van der Waals surface area contributed by atoms with Crippen LogP contribution in [0.3, 0.4) is 0 Å². The van der Waals surface area contributed by atoms with E-state index >= 15 is 0 Å². The Morgan fingerprint density at radius 1 is 1.04 bits per heavy atom. The van der Waals surface area contributed by atoms with Gasteiger partial charge in [0.2, 0.25) is 6.23 Å². The average molecular weight is 348 g/mol. The van der Waals surface area contributed by atoms with Crippen LogP contribution < -0.4 is 4.74 Å². The number of ether oxygens (including phenoxy) is 1. The molecule has 5 heteroatoms. The second-order valence-electron chi connectivity index (χ2n) is 6.62. The maximum atomic E-state index is 13.4. The van der Waals surface area contributed by atoms with Crippen LogP contribution in [0, 0.1) is 12.7 Å². The Balaban J connectivity index is 1.59. The molecular weight excluding hydrogens is 331 g/mol. The van der Waals surface area contributed by atoms with Gasteiger partial charge in [-0.2, -0.15) is 5.10 Å². The molecule has 130 valence electrons. The highest BCUT2D eigenvalue weighted by Gasteiger charge is 2.41. The zero-order valence-corrected chi connectivity index (χ0v) is 14.2. The third kappa shape index (κ3) is 2.39. The molecule has 0 spiro atoms. The Kier molecular flexibility index (Phi) is 3.35. The summed E-state index contributed by atoms with van der Waals surface area (Å²) in [5.41, 5.74) is 2.87. The van der Waals surface area contributed by atoms with Crippen molar-refractivity contribution in [3.8, 4) is 5.75 Å². The first-order chi connectivity index (χ1) is 12.7. The summed E-state index contributed by atoms with van der Waals surface area (Å²) in [5.74, 6) is 2.22. The molecular formula is C21H17FN2O2. The van der Waals surface area contributed by atoms with E-state index in [-0.39, 0.29) is 11.9 Å². The minimum atomic E-state index is -0.399. The highest BCUT2D eigenvalue weighted by molar-refractivity contribution is 5.99. The van der Waals surface area contributed by atoms with Crippen molar-refractivity contribution in [1.29, 1.82) is 0 Å². The van der Waals surface area contributed by atoms with Gasteiger partial charge in [0.15, 0.2) is 0 Å². The Hall–Kier alpha value is -3.08. The fourth-order valence-electron chi connectivity index (χ4n) is 3.62. The molecule has 2 atom stereocenters. The third-order valence-electron chi connectivity index (χ3n) is 4.88. The lowest BCUT2D eigenvalue weighted by Gasteiger charge is -2.38. The second-order valence-corrected chi connectivity index (χ2v) is 6.62. The summed E-state index contributed by atoms with van der Waals surface area (Å²) in [6.45, 7) is 1.92. The quantitative estimate of drug-likeness (QED) is 0.656. The number of benzene rings is 2. The van der Waals surface area contributed by atoms with Gasteiger partial charge >= 0.3 is 0 Å². The van der Waals surface area contributed by atoms with Crippen molar-refractivity contribution in [2.45, 2.75) is 25.6 Å². The number of aryl methyl sites for hydroxylation is 1. The van der Waals surface area contributed by atoms with Crippen LogP contribution in [0.4, 0.5) is 4.39 Å². The van der Waals surface area contributed by atoms with E-state index in [2.05, 4.69) is 6.07 Å². The van der Waals surface area contributed by atoms with Crippen LogP contribution in [0.25, 0.3) is 0 Å². The lowest BCUT2D eigenvalue weighted by atomic mass is 9.97. The molecule has 2 aliphatic heterocycles. The highest BCUT2D eigenvalue weighted by atomic mass is 19.1. The van der Waals surface area contributed by atoms with Crippen molar-refractivity contribution in [3.63, 3.8) is 0 Å². The maximum absolute atomic E-state index is 13.4. The molecule has 0 saturated heterocycles. The molecule has 5 rings (SSSR count). The van der Waals surface area contributed by atoms with Crippen molar-refractivity contribution in [3.05, 3.63) is 89.1 Å². The molecule has 0 aliphatic carbocycles. The molecule has 0 N–H and O–H groups in total. The molecule has 26 heavy (non-hydrogen) atoms. The van der Waals surface area contributed by atoms with E-state index in [1.165, 1.54) is 12.1 Å². The summed E-state index contributed by atoms with van der Waals surface area (Å²) in [7, 11) is 0. The number of hydrogen-bond acceptors (Lipinski definition) is 4. The van der Waals surface area contributed by atoms with E-state index < -0.39 is 6.23 Å². The number of furan rings is 1. The number of halogens is 1. The number of hydrazone groups is 1. The summed E-state index contributed by atoms with van der Waals surface area (Å²) >= 11 is 0. The third-order valence-corrected chi connectivity index (χ3v) is 4.88. The molecule has 0 radical (unpaired) electrons. The monoisotopic (exact) mass is 348 g/mol. The normalized spacial score (nSPS) is 21.0. The molecule has 3 heterocycles. The van der Waals surface area contributed by atoms with E-state index in [1.54, 1.807) is 12.1 Å². The van der Waals surface area contributed by atoms with Crippen LogP contribution in [0.15, 0.2) is 70.2 Å². The summed E-state index contributed by atoms with van der Waals surface area (Å²) < 4.78 is 25.3. The van der Waals surface area contributed by atoms with Gasteiger partial charge < -0.3 is 9.15 Å². The van der Waals surface area contributed by atoms with Gasteiger partial charge in [-0.25, -0.2) is 9.40 Å². The molecule has 2 unspecified atom stereocenters. The first-order valence-corrected chi connectivity index (χ1v) is 8.63. The van der Waals surface area contributed by atoms with Crippen LogP contribution in [-0.2, 0) is 0 Å². The zero-order chi connectivity index (χ0) is 17.7. The van der Waals surface area contributed by atoms with E-state index in [1.807, 2.05) is 42.3 Å². The molecule has 2 aliphatic rings. The van der Waals surface area contributed by atoms with Gasteiger partial charge in [0.1, 0.15) is 28.8 Å². The van der Waals surface area contributed by atoms with E-state index in [0.717, 1.165) is 40.5 Å². The lowest BCUT2D eigenvalue weighted by molar-refractivity contribution is -0.0190. The van der Waals surface area contributed by atoms with Crippen LogP contribution in [0.5, 0.6) is 5.75 Å². The van der Waals surface area contributed by atoms with Crippen molar-refractivity contribution >= 4 is 5.71 Å². The van der Waals surface area contributed by atoms with E-state index in [4.69, 9.17) is 14.3 Å². The lowest BCUT2D eigenvalue weighted by Crippen LogP contribution is -2.33. The Labute approximate surface area is 150 Å². The molecule has 0 bridgehead atoms. The fourth-order valence-corrected chi connectivity index (χ4v) is 3.62. The minimum Gasteiger partial charge on any atom is -0.464 e. The summed E-state index contributed by atoms with van der Waals surface area (Å²) in [5, 5.41) is 6.77. The summed E-state index contributed by atoms with van der Waals surface area (Å²) in [4.78, 5) is 0. The van der Waals surface area contributed by atoms with Crippen molar-refractivity contribution < 1.29 is 13.5 Å². The number of hydrogen-bond donors (Lipinski definition) is 0. The van der Waals surface area contributed by atoms with Gasteiger partial charge in [0.25, 0.3) is 0 Å². The fraction of sp³-hybridized carbons (Fsp3) is 0.190. The van der Waals surface area contributed by atoms with Crippen LogP contribution in [0.2, 0.25) is 0 Å². The largest absolute Gasteiger partial charge is 0.464 e. The molecule has 0 saturated carbocycles. The zero-order valence-electron chi connectivity index (χ0n) is 14.2. The standard InChI is InChI=1S/C21H17FN2O2/c1-13-6-11-20(25-13)17-12-18-16-4-2-3-5-19(16)26-21(24(18)23-17)14-7-9-15(22)10-8-14/h2-11,18,21H,12H2,1H3. The highest BCUT2D eigenvalue weighted by Crippen LogP contribution is 2.47. The minimum absolute atomic E-state index is 0.0652. The van der Waals surface area contributed by atoms with Crippen molar-refractivity contribution in [2.75, 3.05) is 0 Å². The van der Waals surface area contributed by atoms with E-state index in [9.17, 15) is 4.39 Å². The smallest absolute Gasteiger partial charge is 0.213 e. The number of rotatable bonds is 2. The summed E-state index contributed by atoms with van der Waals surface area (Å²) in [6, 6.07) is 18.4. The molecule has 0 amide bonds. The number of fused-ring (bicyclic) bond motifs is 3. The topological polar surface area (TPSA) is 38.0 Å². The van der Waals surface area contributed by atoms with Crippen molar-refractivity contribution in [2.24, 2.45) is 5.10 Å². The van der Waals surface area contributed by atoms with Crippen LogP contribution >= 0.6 is 0 Å². The number of para-hydroxylation sites is 1. The molecule has 1 aromatic heterocycles. The molecule has 0 fully saturated rings. The number of nitrogens with zero attached hydrogens (tertiary/aromatic N) is 2. The van der Waals surface area contributed by atoms with Gasteiger partial charge in [-0.3, -0.25) is 0 Å². The van der Waals surface area contributed by atoms with Gasteiger partial charge in [-0.05, 0) is 37.3 Å². The first-order valence-electron chi connectivity index (χ1n) is 8.63. The van der Waals surface area contributed by atoms with Gasteiger partial charge in [-0.1, -0.05) is 30.3 Å². The first kappa shape index (κ1) is 15.2. The Bertz CT molecular complexity index is 993. The second kappa shape index (κ2) is 5.73. The SMILES string of the molecule is Cc1ccc(C2=NN3C(C2)c2ccccc2OC3c2ccc(F)cc2)o1. The molecule has 4 nitrogen and oxygen atoms in total. The van der Waals surface area contributed by atoms with Gasteiger partial charge in [-0.15, -0.1) is 0 Å². The summed E-state index contributed by atoms with van der Waals surface area (Å²) in [6.07, 6.45) is 0.342. The van der Waals surface area contributed by atoms with Gasteiger partial charge in [0, 0.05) is 17.5 Å². The van der Waals surface area contributed by atoms with Crippen LogP contribution in [0.1, 0.15) is 41.3 Å². The van der Waals surface area contributed by atoms with Gasteiger partial charge in [0.05, 0.1) is 6.04 Å². The Morgan fingerprint density at radius 2 is 1.85 bits per heavy atom.